The molecule has 0 aromatic heterocycles. The highest BCUT2D eigenvalue weighted by molar-refractivity contribution is 7.84. The Morgan fingerprint density at radius 3 is 1.83 bits per heavy atom. The summed E-state index contributed by atoms with van der Waals surface area (Å²) in [6, 6.07) is 42.3. The summed E-state index contributed by atoms with van der Waals surface area (Å²) in [5, 5.41) is 3.73. The number of fused-ring (bicyclic) bond motifs is 2. The number of rotatable bonds is 8. The average molecular weight is 648 g/mol. The van der Waals surface area contributed by atoms with Gasteiger partial charge in [-0.2, -0.15) is 0 Å². The van der Waals surface area contributed by atoms with Gasteiger partial charge in [-0.1, -0.05) is 123 Å². The second-order valence-corrected chi connectivity index (χ2v) is 17.7. The Morgan fingerprint density at radius 2 is 1.28 bits per heavy atom. The summed E-state index contributed by atoms with van der Waals surface area (Å²) in [5.41, 5.74) is 3.95. The minimum atomic E-state index is -1.30. The summed E-state index contributed by atoms with van der Waals surface area (Å²) in [6.07, 6.45) is 0. The Labute approximate surface area is 277 Å². The fourth-order valence-electron chi connectivity index (χ4n) is 6.40. The topological polar surface area (TPSA) is 38.8 Å². The molecule has 1 aliphatic heterocycles. The lowest BCUT2D eigenvalue weighted by molar-refractivity contribution is 0.389. The monoisotopic (exact) mass is 647 g/mol. The number of ether oxygens (including phenoxy) is 2. The summed E-state index contributed by atoms with van der Waals surface area (Å²) in [5.74, 6) is 2.53. The van der Waals surface area contributed by atoms with Crippen molar-refractivity contribution < 1.29 is 13.7 Å². The average Bonchev–Trinajstić information content (AvgIpc) is 3.06. The van der Waals surface area contributed by atoms with Gasteiger partial charge in [0.2, 0.25) is 0 Å². The van der Waals surface area contributed by atoms with E-state index in [2.05, 4.69) is 123 Å². The maximum absolute atomic E-state index is 14.0. The molecule has 46 heavy (non-hydrogen) atoms. The zero-order valence-electron chi connectivity index (χ0n) is 27.7. The third kappa shape index (κ3) is 5.93. The Kier molecular flexibility index (Phi) is 8.95. The van der Waals surface area contributed by atoms with Gasteiger partial charge in [0.1, 0.15) is 28.2 Å². The van der Waals surface area contributed by atoms with E-state index in [1.54, 1.807) is 7.11 Å². The van der Waals surface area contributed by atoms with Crippen LogP contribution in [0.4, 0.5) is 0 Å². The summed E-state index contributed by atoms with van der Waals surface area (Å²) < 4.78 is 28.2. The minimum Gasteiger partial charge on any atom is -0.497 e. The molecule has 6 rings (SSSR count). The van der Waals surface area contributed by atoms with Gasteiger partial charge in [-0.05, 0) is 57.0 Å². The van der Waals surface area contributed by atoms with Crippen LogP contribution in [0.1, 0.15) is 62.9 Å². The molecule has 0 amide bonds. The van der Waals surface area contributed by atoms with Gasteiger partial charge in [0.25, 0.3) is 0 Å². The number of para-hydroxylation sites is 2. The largest absolute Gasteiger partial charge is 0.497 e. The number of methoxy groups -OCH3 is 1. The maximum Gasteiger partial charge on any atom is 0.139 e. The molecule has 1 heterocycles. The van der Waals surface area contributed by atoms with Gasteiger partial charge in [-0.25, -0.2) is 8.51 Å². The van der Waals surface area contributed by atoms with Gasteiger partial charge in [0.05, 0.1) is 17.9 Å². The van der Waals surface area contributed by atoms with Gasteiger partial charge in [0, 0.05) is 34.5 Å². The first-order valence-electron chi connectivity index (χ1n) is 15.7. The van der Waals surface area contributed by atoms with Crippen LogP contribution in [0.5, 0.6) is 17.2 Å². The Hall–Kier alpha value is -3.76. The van der Waals surface area contributed by atoms with Crippen LogP contribution in [0.25, 0.3) is 0 Å². The minimum absolute atomic E-state index is 0.324. The Morgan fingerprint density at radius 1 is 0.739 bits per heavy atom. The van der Waals surface area contributed by atoms with Crippen LogP contribution in [0, 0.1) is 0 Å². The van der Waals surface area contributed by atoms with Crippen molar-refractivity contribution in [2.24, 2.45) is 0 Å². The van der Waals surface area contributed by atoms with E-state index < -0.39 is 23.7 Å². The van der Waals surface area contributed by atoms with E-state index in [1.807, 2.05) is 44.3 Å². The van der Waals surface area contributed by atoms with E-state index in [0.29, 0.717) is 0 Å². The first-order valence-corrected chi connectivity index (χ1v) is 18.1. The Balaban J connectivity index is 1.57. The van der Waals surface area contributed by atoms with Crippen molar-refractivity contribution in [2.45, 2.75) is 50.8 Å². The molecule has 236 valence electrons. The molecule has 2 atom stereocenters. The van der Waals surface area contributed by atoms with Crippen LogP contribution in [0.2, 0.25) is 0 Å². The van der Waals surface area contributed by atoms with Crippen molar-refractivity contribution in [2.75, 3.05) is 14.2 Å². The lowest BCUT2D eigenvalue weighted by atomic mass is 9.74. The molecule has 0 aliphatic carbocycles. The fourth-order valence-corrected chi connectivity index (χ4v) is 10.1. The molecule has 0 spiro atoms. The maximum atomic E-state index is 14.0. The van der Waals surface area contributed by atoms with Crippen LogP contribution in [0.3, 0.4) is 0 Å². The van der Waals surface area contributed by atoms with Gasteiger partial charge < -0.3 is 9.47 Å². The third-order valence-corrected chi connectivity index (χ3v) is 13.0. The second kappa shape index (κ2) is 12.8. The van der Waals surface area contributed by atoms with E-state index in [9.17, 15) is 4.21 Å². The number of nitrogens with zero attached hydrogens (tertiary/aromatic N) is 1. The molecular weight excluding hydrogens is 605 g/mol. The lowest BCUT2D eigenvalue weighted by Gasteiger charge is -2.40. The molecule has 5 aromatic rings. The highest BCUT2D eigenvalue weighted by Gasteiger charge is 2.40. The van der Waals surface area contributed by atoms with Crippen molar-refractivity contribution in [1.82, 2.24) is 4.31 Å². The first-order chi connectivity index (χ1) is 22.0. The molecule has 4 nitrogen and oxygen atoms in total. The SMILES string of the molecule is COc1ccc(C(c2cccc3c2Oc2c(P(c4ccccc4)c4ccccc4)cccc2C3(C)C)N(C)S(=O)C(C)(C)C)cc1. The van der Waals surface area contributed by atoms with E-state index in [-0.39, 0.29) is 11.5 Å². The van der Waals surface area contributed by atoms with Crippen molar-refractivity contribution >= 4 is 34.8 Å². The number of hydrogen-bond donors (Lipinski definition) is 0. The molecule has 1 aliphatic rings. The van der Waals surface area contributed by atoms with Crippen molar-refractivity contribution in [3.63, 3.8) is 0 Å². The van der Waals surface area contributed by atoms with Crippen LogP contribution in [-0.4, -0.2) is 27.4 Å². The lowest BCUT2D eigenvalue weighted by Crippen LogP contribution is -2.38. The molecule has 2 unspecified atom stereocenters. The van der Waals surface area contributed by atoms with Crippen LogP contribution >= 0.6 is 7.92 Å². The molecule has 0 saturated heterocycles. The molecule has 0 saturated carbocycles. The van der Waals surface area contributed by atoms with E-state index >= 15 is 0 Å². The predicted octanol–water partition coefficient (Wildman–Crippen LogP) is 8.37. The normalized spacial score (nSPS) is 15.1. The zero-order valence-corrected chi connectivity index (χ0v) is 29.4. The standard InChI is InChI=1S/C40H42NO3PS/c1-39(2,3)46(42)41(6)36(28-24-26-29(43-7)27-25-28)32-20-14-21-33-37(32)44-38-34(40(33,4)5)22-15-23-35(38)45(30-16-10-8-11-17-30)31-18-12-9-13-19-31/h8-27,36H,1-7H3. The highest BCUT2D eigenvalue weighted by Crippen LogP contribution is 2.53. The van der Waals surface area contributed by atoms with Gasteiger partial charge >= 0.3 is 0 Å². The highest BCUT2D eigenvalue weighted by atomic mass is 32.2. The second-order valence-electron chi connectivity index (χ2n) is 13.2. The van der Waals surface area contributed by atoms with Crippen molar-refractivity contribution in [3.05, 3.63) is 144 Å². The van der Waals surface area contributed by atoms with E-state index in [4.69, 9.17) is 9.47 Å². The quantitative estimate of drug-likeness (QED) is 0.159. The Bertz CT molecular complexity index is 1810. The number of benzene rings is 5. The summed E-state index contributed by atoms with van der Waals surface area (Å²) in [4.78, 5) is 0. The van der Waals surface area contributed by atoms with Crippen molar-refractivity contribution in [1.29, 1.82) is 0 Å². The first kappa shape index (κ1) is 32.2. The van der Waals surface area contributed by atoms with E-state index in [0.717, 1.165) is 33.9 Å². The van der Waals surface area contributed by atoms with Gasteiger partial charge in [0.15, 0.2) is 0 Å². The fraction of sp³-hybridized carbons (Fsp3) is 0.250. The molecule has 0 bridgehead atoms. The number of hydrogen-bond acceptors (Lipinski definition) is 3. The van der Waals surface area contributed by atoms with Crippen LogP contribution < -0.4 is 25.4 Å². The summed E-state index contributed by atoms with van der Waals surface area (Å²) >= 11 is 0. The zero-order chi connectivity index (χ0) is 32.6. The smallest absolute Gasteiger partial charge is 0.139 e. The molecule has 0 radical (unpaired) electrons. The molecular formula is C40H42NO3PS. The van der Waals surface area contributed by atoms with Gasteiger partial charge in [-0.3, -0.25) is 0 Å². The van der Waals surface area contributed by atoms with Crippen molar-refractivity contribution in [3.8, 4) is 17.2 Å². The molecule has 6 heteroatoms. The molecule has 0 fully saturated rings. The summed E-state index contributed by atoms with van der Waals surface area (Å²) in [6.45, 7) is 10.6. The predicted molar refractivity (Wildman–Crippen MR) is 194 cm³/mol. The van der Waals surface area contributed by atoms with Crippen LogP contribution in [0.15, 0.2) is 121 Å². The van der Waals surface area contributed by atoms with E-state index in [1.165, 1.54) is 21.5 Å². The molecule has 0 N–H and O–H groups in total. The van der Waals surface area contributed by atoms with Gasteiger partial charge in [-0.15, -0.1) is 0 Å². The van der Waals surface area contributed by atoms with Crippen LogP contribution in [-0.2, 0) is 16.4 Å². The molecule has 5 aromatic carbocycles. The summed E-state index contributed by atoms with van der Waals surface area (Å²) in [7, 11) is 1.42. The third-order valence-electron chi connectivity index (χ3n) is 8.74.